The number of rotatable bonds is 6. The Morgan fingerprint density at radius 3 is 1.26 bits per heavy atom. The summed E-state index contributed by atoms with van der Waals surface area (Å²) in [5.41, 5.74) is 25.0. The van der Waals surface area contributed by atoms with Crippen molar-refractivity contribution in [1.29, 1.82) is 0 Å². The molecule has 0 radical (unpaired) electrons. The fourth-order valence-corrected chi connectivity index (χ4v) is 12.7. The summed E-state index contributed by atoms with van der Waals surface area (Å²) in [6.07, 6.45) is 8.51. The van der Waals surface area contributed by atoms with Crippen molar-refractivity contribution in [2.24, 2.45) is 0 Å². The van der Waals surface area contributed by atoms with E-state index in [4.69, 9.17) is 0 Å². The fraction of sp³-hybridized carbons (Fsp3) is 0.0556. The first-order chi connectivity index (χ1) is 36.7. The highest BCUT2D eigenvalue weighted by molar-refractivity contribution is 6.24. The van der Waals surface area contributed by atoms with Gasteiger partial charge < -0.3 is 9.80 Å². The van der Waals surface area contributed by atoms with E-state index in [0.717, 1.165) is 37.1 Å². The molecule has 2 heteroatoms. The molecule has 2 nitrogen and oxygen atoms in total. The van der Waals surface area contributed by atoms with E-state index >= 15 is 0 Å². The fourth-order valence-electron chi connectivity index (χ4n) is 12.7. The monoisotopic (exact) mass is 942 g/mol. The Morgan fingerprint density at radius 2 is 0.730 bits per heavy atom. The van der Waals surface area contributed by atoms with Crippen LogP contribution in [-0.4, -0.2) is 0 Å². The van der Waals surface area contributed by atoms with Gasteiger partial charge in [-0.05, 0) is 178 Å². The molecule has 2 aliphatic heterocycles. The average Bonchev–Trinajstić information content (AvgIpc) is 3.46. The lowest BCUT2D eigenvalue weighted by Crippen LogP contribution is -2.18. The molecular weight excluding hydrogens is 893 g/mol. The second kappa shape index (κ2) is 17.2. The summed E-state index contributed by atoms with van der Waals surface area (Å²) in [4.78, 5) is 5.00. The van der Waals surface area contributed by atoms with Gasteiger partial charge in [0.15, 0.2) is 0 Å². The molecule has 0 spiro atoms. The van der Waals surface area contributed by atoms with Gasteiger partial charge in [0.05, 0.1) is 0 Å². The van der Waals surface area contributed by atoms with E-state index in [2.05, 4.69) is 265 Å². The van der Waals surface area contributed by atoms with Crippen molar-refractivity contribution in [3.05, 3.63) is 282 Å². The van der Waals surface area contributed by atoms with Crippen molar-refractivity contribution < 1.29 is 0 Å². The van der Waals surface area contributed by atoms with Crippen molar-refractivity contribution in [3.8, 4) is 44.5 Å². The van der Waals surface area contributed by atoms with Gasteiger partial charge in [-0.15, -0.1) is 0 Å². The minimum absolute atomic E-state index is 0.902. The van der Waals surface area contributed by atoms with Gasteiger partial charge in [0, 0.05) is 47.0 Å². The minimum Gasteiger partial charge on any atom is -0.310 e. The zero-order valence-corrected chi connectivity index (χ0v) is 41.0. The SMILES string of the molecule is C1=Cc2ccc(-c3ccccc3-c3c4ccc(N5c6ccccc6Cc6ccccc65)cc4c(-c4ccccc4-c4ccc5ccccc5c4)c4ccc(N5c6ccccc6Cc6ccccc65)cc34)cc2CC1. The predicted octanol–water partition coefficient (Wildman–Crippen LogP) is 19.5. The third kappa shape index (κ3) is 6.86. The number of allylic oxidation sites excluding steroid dienone is 1. The number of aryl methyl sites for hydroxylation is 1. The highest BCUT2D eigenvalue weighted by Crippen LogP contribution is 2.53. The van der Waals surface area contributed by atoms with Crippen LogP contribution in [0.1, 0.15) is 39.8 Å². The number of fused-ring (bicyclic) bond motifs is 8. The first-order valence-electron chi connectivity index (χ1n) is 26.1. The molecule has 0 atom stereocenters. The quantitative estimate of drug-likeness (QED) is 0.153. The molecule has 0 bridgehead atoms. The first kappa shape index (κ1) is 42.4. The number of para-hydroxylation sites is 4. The molecule has 348 valence electrons. The number of anilines is 6. The number of hydrogen-bond donors (Lipinski definition) is 0. The summed E-state index contributed by atoms with van der Waals surface area (Å²) in [6.45, 7) is 0. The van der Waals surface area contributed by atoms with Gasteiger partial charge in [0.1, 0.15) is 0 Å². The molecule has 0 fully saturated rings. The summed E-state index contributed by atoms with van der Waals surface area (Å²) < 4.78 is 0. The van der Waals surface area contributed by atoms with Crippen molar-refractivity contribution in [3.63, 3.8) is 0 Å². The van der Waals surface area contributed by atoms with Gasteiger partial charge in [-0.3, -0.25) is 0 Å². The molecule has 74 heavy (non-hydrogen) atoms. The Hall–Kier alpha value is -9.24. The average molecular weight is 943 g/mol. The third-order valence-electron chi connectivity index (χ3n) is 16.1. The van der Waals surface area contributed by atoms with E-state index in [1.807, 2.05) is 0 Å². The van der Waals surface area contributed by atoms with Crippen LogP contribution in [0.15, 0.2) is 249 Å². The molecule has 1 aliphatic carbocycles. The van der Waals surface area contributed by atoms with Crippen molar-refractivity contribution in [2.75, 3.05) is 9.80 Å². The summed E-state index contributed by atoms with van der Waals surface area (Å²) >= 11 is 0. The van der Waals surface area contributed by atoms with Gasteiger partial charge in [-0.2, -0.15) is 0 Å². The zero-order valence-electron chi connectivity index (χ0n) is 41.0. The van der Waals surface area contributed by atoms with Crippen LogP contribution in [0.25, 0.3) is 82.9 Å². The maximum atomic E-state index is 2.50. The molecule has 12 aromatic carbocycles. The second-order valence-electron chi connectivity index (χ2n) is 20.3. The number of benzene rings is 12. The Bertz CT molecular complexity index is 4200. The van der Waals surface area contributed by atoms with Crippen LogP contribution in [0, 0.1) is 0 Å². The van der Waals surface area contributed by atoms with Gasteiger partial charge in [0.2, 0.25) is 0 Å². The third-order valence-corrected chi connectivity index (χ3v) is 16.1. The van der Waals surface area contributed by atoms with E-state index in [0.29, 0.717) is 0 Å². The molecule has 0 N–H and O–H groups in total. The van der Waals surface area contributed by atoms with Crippen molar-refractivity contribution >= 4 is 72.5 Å². The zero-order chi connectivity index (χ0) is 48.7. The normalized spacial score (nSPS) is 13.4. The minimum atomic E-state index is 0.902. The molecule has 3 aliphatic rings. The van der Waals surface area contributed by atoms with E-state index in [9.17, 15) is 0 Å². The molecule has 0 amide bonds. The Labute approximate surface area is 432 Å². The Kier molecular flexibility index (Phi) is 9.88. The number of nitrogens with zero attached hydrogens (tertiary/aromatic N) is 2. The van der Waals surface area contributed by atoms with Crippen molar-refractivity contribution in [1.82, 2.24) is 0 Å². The lowest BCUT2D eigenvalue weighted by molar-refractivity contribution is 0.986. The predicted molar refractivity (Wildman–Crippen MR) is 313 cm³/mol. The standard InChI is InChI=1S/C72H50N2/c1-3-19-49-41-51(35-33-47(49)17-1)59-25-9-11-27-61(59)71-63-39-37-58(74-69-31-15-7-23-55(69)44-56-24-8-16-32-70(56)74)46-66(63)72(62-28-12-10-26-60(62)52-36-34-48-18-2-4-20-50(48)42-52)64-40-38-57(45-65(64)71)73-67-29-13-5-21-53(67)43-54-22-6-14-30-68(54)73/h1-3,5-19,21-42,45-46H,4,20,43-44H2. The summed E-state index contributed by atoms with van der Waals surface area (Å²) in [7, 11) is 0. The molecule has 0 unspecified atom stereocenters. The van der Waals surface area contributed by atoms with Crippen LogP contribution >= 0.6 is 0 Å². The lowest BCUT2D eigenvalue weighted by Gasteiger charge is -2.34. The van der Waals surface area contributed by atoms with Crippen LogP contribution in [-0.2, 0) is 19.3 Å². The lowest BCUT2D eigenvalue weighted by atomic mass is 9.81. The molecule has 12 aromatic rings. The highest BCUT2D eigenvalue weighted by Gasteiger charge is 2.29. The molecule has 0 saturated carbocycles. The summed E-state index contributed by atoms with van der Waals surface area (Å²) in [6, 6.07) is 91.5. The maximum absolute atomic E-state index is 2.50. The molecule has 0 aromatic heterocycles. The first-order valence-corrected chi connectivity index (χ1v) is 26.1. The number of hydrogen-bond acceptors (Lipinski definition) is 2. The van der Waals surface area contributed by atoms with Gasteiger partial charge in [-0.1, -0.05) is 200 Å². The maximum Gasteiger partial charge on any atom is 0.0497 e. The molecular formula is C72H50N2. The highest BCUT2D eigenvalue weighted by atomic mass is 15.2. The van der Waals surface area contributed by atoms with E-state index < -0.39 is 0 Å². The van der Waals surface area contributed by atoms with Crippen LogP contribution in [0.2, 0.25) is 0 Å². The molecule has 15 rings (SSSR count). The van der Waals surface area contributed by atoms with Gasteiger partial charge >= 0.3 is 0 Å². The van der Waals surface area contributed by atoms with Crippen molar-refractivity contribution in [2.45, 2.75) is 25.7 Å². The Balaban J connectivity index is 1.07. The van der Waals surface area contributed by atoms with Crippen LogP contribution < -0.4 is 9.80 Å². The van der Waals surface area contributed by atoms with E-state index in [1.165, 1.54) is 133 Å². The summed E-state index contributed by atoms with van der Waals surface area (Å²) in [5.74, 6) is 0. The molecule has 2 heterocycles. The van der Waals surface area contributed by atoms with Crippen LogP contribution in [0.4, 0.5) is 34.1 Å². The topological polar surface area (TPSA) is 6.48 Å². The smallest absolute Gasteiger partial charge is 0.0497 e. The van der Waals surface area contributed by atoms with Crippen LogP contribution in [0.3, 0.4) is 0 Å². The largest absolute Gasteiger partial charge is 0.310 e. The second-order valence-corrected chi connectivity index (χ2v) is 20.3. The van der Waals surface area contributed by atoms with Crippen LogP contribution in [0.5, 0.6) is 0 Å². The van der Waals surface area contributed by atoms with Gasteiger partial charge in [-0.25, -0.2) is 0 Å². The van der Waals surface area contributed by atoms with Gasteiger partial charge in [0.25, 0.3) is 0 Å². The van der Waals surface area contributed by atoms with E-state index in [-0.39, 0.29) is 0 Å². The summed E-state index contributed by atoms with van der Waals surface area (Å²) in [5, 5.41) is 7.33. The Morgan fingerprint density at radius 1 is 0.297 bits per heavy atom. The molecule has 0 saturated heterocycles. The van der Waals surface area contributed by atoms with E-state index in [1.54, 1.807) is 0 Å².